The fourth-order valence-corrected chi connectivity index (χ4v) is 5.79. The first-order chi connectivity index (χ1) is 16.6. The molecule has 1 atom stereocenters. The minimum absolute atomic E-state index is 0.0257. The molecule has 3 rings (SSSR count). The monoisotopic (exact) mass is 493 g/mol. The average Bonchev–Trinajstić information content (AvgIpc) is 2.86. The summed E-state index contributed by atoms with van der Waals surface area (Å²) in [6, 6.07) is 11.0. The van der Waals surface area contributed by atoms with Gasteiger partial charge in [0.2, 0.25) is 5.91 Å². The second kappa shape index (κ2) is 10.4. The molecule has 198 valence electrons. The quantitative estimate of drug-likeness (QED) is 0.334. The molecule has 0 radical (unpaired) electrons. The van der Waals surface area contributed by atoms with Gasteiger partial charge in [-0.25, -0.2) is 5.84 Å². The maximum Gasteiger partial charge on any atom is 0.236 e. The van der Waals surface area contributed by atoms with Crippen LogP contribution in [0.3, 0.4) is 0 Å². The number of aryl methyl sites for hydroxylation is 1. The number of nitrogen functional groups attached to an aromatic ring is 1. The van der Waals surface area contributed by atoms with Crippen molar-refractivity contribution in [1.82, 2.24) is 9.80 Å². The second-order valence-corrected chi connectivity index (χ2v) is 12.5. The van der Waals surface area contributed by atoms with Crippen molar-refractivity contribution < 1.29 is 4.79 Å². The third kappa shape index (κ3) is 6.04. The minimum Gasteiger partial charge on any atom is -0.397 e. The SMILES string of the molecule is CCN1CC(C)(C)CN(Cc2cc(C(c3ccc(N(C)N)c(N)c3C)C(C)(C)C)ccc2C)CC1=O. The van der Waals surface area contributed by atoms with E-state index in [4.69, 9.17) is 11.6 Å². The fraction of sp³-hybridized carbons (Fsp3) is 0.567. The van der Waals surface area contributed by atoms with Gasteiger partial charge in [0.25, 0.3) is 0 Å². The Bertz CT molecular complexity index is 1100. The molecule has 36 heavy (non-hydrogen) atoms. The van der Waals surface area contributed by atoms with Crippen molar-refractivity contribution in [2.24, 2.45) is 16.7 Å². The topological polar surface area (TPSA) is 78.8 Å². The van der Waals surface area contributed by atoms with Gasteiger partial charge in [-0.15, -0.1) is 0 Å². The molecule has 0 aliphatic carbocycles. The van der Waals surface area contributed by atoms with Gasteiger partial charge < -0.3 is 15.6 Å². The molecule has 1 saturated heterocycles. The number of rotatable bonds is 6. The average molecular weight is 494 g/mol. The Morgan fingerprint density at radius 3 is 2.36 bits per heavy atom. The molecule has 0 aromatic heterocycles. The predicted octanol–water partition coefficient (Wildman–Crippen LogP) is 5.06. The summed E-state index contributed by atoms with van der Waals surface area (Å²) in [7, 11) is 1.81. The number of carbonyl (C=O) groups is 1. The van der Waals surface area contributed by atoms with Crippen LogP contribution >= 0.6 is 0 Å². The highest BCUT2D eigenvalue weighted by Crippen LogP contribution is 2.44. The van der Waals surface area contributed by atoms with E-state index in [2.05, 4.69) is 84.6 Å². The number of carbonyl (C=O) groups excluding carboxylic acids is 1. The molecule has 2 aromatic rings. The Hall–Kier alpha value is -2.57. The van der Waals surface area contributed by atoms with Crippen LogP contribution in [-0.4, -0.2) is 48.9 Å². The van der Waals surface area contributed by atoms with Crippen LogP contribution < -0.4 is 16.6 Å². The highest BCUT2D eigenvalue weighted by Gasteiger charge is 2.33. The molecule has 1 unspecified atom stereocenters. The van der Waals surface area contributed by atoms with Gasteiger partial charge in [-0.3, -0.25) is 9.69 Å². The van der Waals surface area contributed by atoms with Gasteiger partial charge in [0, 0.05) is 39.1 Å². The van der Waals surface area contributed by atoms with Crippen molar-refractivity contribution in [3.05, 3.63) is 58.1 Å². The van der Waals surface area contributed by atoms with Crippen molar-refractivity contribution in [1.29, 1.82) is 0 Å². The lowest BCUT2D eigenvalue weighted by atomic mass is 9.71. The van der Waals surface area contributed by atoms with Crippen LogP contribution in [0.2, 0.25) is 0 Å². The van der Waals surface area contributed by atoms with Crippen molar-refractivity contribution in [3.8, 4) is 0 Å². The van der Waals surface area contributed by atoms with Gasteiger partial charge in [0.15, 0.2) is 0 Å². The predicted molar refractivity (Wildman–Crippen MR) is 152 cm³/mol. The van der Waals surface area contributed by atoms with E-state index in [1.165, 1.54) is 22.3 Å². The van der Waals surface area contributed by atoms with Crippen molar-refractivity contribution in [3.63, 3.8) is 0 Å². The second-order valence-electron chi connectivity index (χ2n) is 12.5. The molecular formula is C30H47N5O. The zero-order valence-corrected chi connectivity index (χ0v) is 23.9. The van der Waals surface area contributed by atoms with Gasteiger partial charge in [-0.1, -0.05) is 58.9 Å². The molecule has 4 N–H and O–H groups in total. The van der Waals surface area contributed by atoms with Crippen LogP contribution in [0, 0.1) is 24.7 Å². The summed E-state index contributed by atoms with van der Waals surface area (Å²) < 4.78 is 0. The van der Waals surface area contributed by atoms with E-state index < -0.39 is 0 Å². The molecule has 6 nitrogen and oxygen atoms in total. The third-order valence-corrected chi connectivity index (χ3v) is 7.56. The first-order valence-electron chi connectivity index (χ1n) is 13.1. The highest BCUT2D eigenvalue weighted by atomic mass is 16.2. The summed E-state index contributed by atoms with van der Waals surface area (Å²) in [5.41, 5.74) is 14.2. The Balaban J connectivity index is 2.02. The van der Waals surface area contributed by atoms with Crippen LogP contribution in [0.1, 0.15) is 75.3 Å². The summed E-state index contributed by atoms with van der Waals surface area (Å²) in [5, 5.41) is 1.58. The van der Waals surface area contributed by atoms with E-state index in [1.54, 1.807) is 5.01 Å². The number of nitrogens with zero attached hydrogens (tertiary/aromatic N) is 3. The van der Waals surface area contributed by atoms with Gasteiger partial charge in [0.1, 0.15) is 0 Å². The molecule has 1 aliphatic heterocycles. The number of hydrogen-bond acceptors (Lipinski definition) is 5. The van der Waals surface area contributed by atoms with Crippen LogP contribution in [0.15, 0.2) is 30.3 Å². The molecule has 6 heteroatoms. The Kier molecular flexibility index (Phi) is 8.11. The number of likely N-dealkylation sites (N-methyl/N-ethyl adjacent to an activating group) is 1. The third-order valence-electron chi connectivity index (χ3n) is 7.56. The van der Waals surface area contributed by atoms with E-state index in [1.807, 2.05) is 18.0 Å². The Labute approximate surface area is 218 Å². The molecule has 1 amide bonds. The number of hydrogen-bond donors (Lipinski definition) is 2. The lowest BCUT2D eigenvalue weighted by Gasteiger charge is -2.34. The van der Waals surface area contributed by atoms with Gasteiger partial charge in [-0.2, -0.15) is 0 Å². The van der Waals surface area contributed by atoms with Crippen molar-refractivity contribution in [2.75, 3.05) is 44.0 Å². The number of hydrazine groups is 1. The van der Waals surface area contributed by atoms with Crippen LogP contribution in [0.5, 0.6) is 0 Å². The first kappa shape index (κ1) is 28.0. The summed E-state index contributed by atoms with van der Waals surface area (Å²) in [6.45, 7) is 21.4. The number of amides is 1. The lowest BCUT2D eigenvalue weighted by Crippen LogP contribution is -2.37. The zero-order valence-electron chi connectivity index (χ0n) is 23.9. The molecule has 0 saturated carbocycles. The molecule has 2 aromatic carbocycles. The molecule has 1 heterocycles. The number of nitrogens with two attached hydrogens (primary N) is 2. The summed E-state index contributed by atoms with van der Waals surface area (Å²) in [6.07, 6.45) is 0. The van der Waals surface area contributed by atoms with Crippen molar-refractivity contribution in [2.45, 2.75) is 67.9 Å². The largest absolute Gasteiger partial charge is 0.397 e. The normalized spacial score (nSPS) is 17.7. The van der Waals surface area contributed by atoms with E-state index in [0.29, 0.717) is 6.54 Å². The smallest absolute Gasteiger partial charge is 0.236 e. The first-order valence-corrected chi connectivity index (χ1v) is 13.1. The highest BCUT2D eigenvalue weighted by molar-refractivity contribution is 5.78. The molecule has 1 aliphatic rings. The minimum atomic E-state index is -0.0257. The maximum absolute atomic E-state index is 12.9. The lowest BCUT2D eigenvalue weighted by molar-refractivity contribution is -0.131. The van der Waals surface area contributed by atoms with E-state index in [0.717, 1.165) is 43.1 Å². The fourth-order valence-electron chi connectivity index (χ4n) is 5.79. The summed E-state index contributed by atoms with van der Waals surface area (Å²) >= 11 is 0. The van der Waals surface area contributed by atoms with Crippen LogP contribution in [0.25, 0.3) is 0 Å². The van der Waals surface area contributed by atoms with Crippen LogP contribution in [0.4, 0.5) is 11.4 Å². The van der Waals surface area contributed by atoms with Gasteiger partial charge >= 0.3 is 0 Å². The van der Waals surface area contributed by atoms with E-state index >= 15 is 0 Å². The van der Waals surface area contributed by atoms with E-state index in [-0.39, 0.29) is 22.7 Å². The summed E-state index contributed by atoms with van der Waals surface area (Å²) in [4.78, 5) is 17.2. The molecule has 0 bridgehead atoms. The Morgan fingerprint density at radius 2 is 1.78 bits per heavy atom. The molecular weight excluding hydrogens is 446 g/mol. The molecule has 1 fully saturated rings. The van der Waals surface area contributed by atoms with Gasteiger partial charge in [0.05, 0.1) is 17.9 Å². The van der Waals surface area contributed by atoms with Crippen molar-refractivity contribution >= 4 is 17.3 Å². The number of benzene rings is 2. The summed E-state index contributed by atoms with van der Waals surface area (Å²) in [5.74, 6) is 6.39. The molecule has 0 spiro atoms. The zero-order chi connectivity index (χ0) is 27.0. The maximum atomic E-state index is 12.9. The standard InChI is InChI=1S/C30H47N5O/c1-10-35-19-30(7,8)18-34(17-26(35)36)16-23-15-22(12-11-20(23)2)27(29(4,5)6)24-13-14-25(33(9)32)28(31)21(24)3/h11-15,27H,10,16-19,31-32H2,1-9H3. The Morgan fingerprint density at radius 1 is 1.11 bits per heavy atom. The van der Waals surface area contributed by atoms with E-state index in [9.17, 15) is 4.79 Å². The number of anilines is 2. The van der Waals surface area contributed by atoms with Gasteiger partial charge in [-0.05, 0) is 65.5 Å². The van der Waals surface area contributed by atoms with Crippen LogP contribution in [-0.2, 0) is 11.3 Å².